The Labute approximate surface area is 161 Å². The van der Waals surface area contributed by atoms with E-state index in [1.807, 2.05) is 0 Å². The Bertz CT molecular complexity index is 865. The molecule has 1 aromatic carbocycles. The monoisotopic (exact) mass is 390 g/mol. The summed E-state index contributed by atoms with van der Waals surface area (Å²) >= 11 is 0. The van der Waals surface area contributed by atoms with Crippen molar-refractivity contribution in [2.75, 3.05) is 17.2 Å². The number of nitrogens with one attached hydrogen (secondary N) is 2. The highest BCUT2D eigenvalue weighted by molar-refractivity contribution is 6.03. The molecule has 0 fully saturated rings. The molecule has 2 aromatic rings. The van der Waals surface area contributed by atoms with Gasteiger partial charge in [-0.25, -0.2) is 9.97 Å². The summed E-state index contributed by atoms with van der Waals surface area (Å²) in [5, 5.41) is 5.60. The minimum Gasteiger partial charge on any atom is -0.370 e. The average Bonchev–Trinajstić information content (AvgIpc) is 2.69. The molecule has 8 heteroatoms. The van der Waals surface area contributed by atoms with Crippen LogP contribution in [0.3, 0.4) is 0 Å². The highest BCUT2D eigenvalue weighted by atomic mass is 19.4. The van der Waals surface area contributed by atoms with Gasteiger partial charge in [0, 0.05) is 18.3 Å². The van der Waals surface area contributed by atoms with Crippen LogP contribution in [0.4, 0.5) is 24.7 Å². The van der Waals surface area contributed by atoms with Gasteiger partial charge in [0.25, 0.3) is 5.91 Å². The van der Waals surface area contributed by atoms with Crippen molar-refractivity contribution in [3.8, 4) is 0 Å². The molecule has 1 amide bonds. The van der Waals surface area contributed by atoms with Gasteiger partial charge in [0.2, 0.25) is 0 Å². The van der Waals surface area contributed by atoms with Crippen molar-refractivity contribution >= 4 is 17.4 Å². The first-order chi connectivity index (χ1) is 13.4. The number of hydrogen-bond donors (Lipinski definition) is 2. The van der Waals surface area contributed by atoms with E-state index in [0.29, 0.717) is 12.4 Å². The molecule has 0 unspecified atom stereocenters. The van der Waals surface area contributed by atoms with Gasteiger partial charge in [0.15, 0.2) is 0 Å². The van der Waals surface area contributed by atoms with Crippen LogP contribution in [-0.4, -0.2) is 22.4 Å². The smallest absolute Gasteiger partial charge is 0.370 e. The first-order valence-electron chi connectivity index (χ1n) is 9.14. The van der Waals surface area contributed by atoms with Gasteiger partial charge in [-0.1, -0.05) is 17.7 Å². The second kappa shape index (κ2) is 8.86. The molecular weight excluding hydrogens is 369 g/mol. The molecule has 0 radical (unpaired) electrons. The first kappa shape index (κ1) is 19.9. The molecule has 0 aliphatic heterocycles. The van der Waals surface area contributed by atoms with Crippen molar-refractivity contribution in [1.29, 1.82) is 0 Å². The summed E-state index contributed by atoms with van der Waals surface area (Å²) < 4.78 is 38.4. The van der Waals surface area contributed by atoms with E-state index in [9.17, 15) is 18.0 Å². The molecule has 1 aliphatic carbocycles. The number of nitrogens with zero attached hydrogens (tertiary/aromatic N) is 2. The first-order valence-corrected chi connectivity index (χ1v) is 9.14. The van der Waals surface area contributed by atoms with Crippen LogP contribution < -0.4 is 10.6 Å². The lowest BCUT2D eigenvalue weighted by molar-refractivity contribution is -0.137. The van der Waals surface area contributed by atoms with E-state index in [2.05, 4.69) is 26.7 Å². The summed E-state index contributed by atoms with van der Waals surface area (Å²) in [6, 6.07) is 5.95. The third-order valence-corrected chi connectivity index (χ3v) is 4.48. The number of carbonyl (C=O) groups is 1. The maximum absolute atomic E-state index is 12.8. The third kappa shape index (κ3) is 5.55. The maximum atomic E-state index is 12.8. The minimum atomic E-state index is -4.47. The van der Waals surface area contributed by atoms with E-state index in [1.165, 1.54) is 42.9 Å². The molecule has 148 valence electrons. The summed E-state index contributed by atoms with van der Waals surface area (Å²) in [6.07, 6.45) is 4.68. The van der Waals surface area contributed by atoms with Crippen LogP contribution >= 0.6 is 0 Å². The Balaban J connectivity index is 1.60. The van der Waals surface area contributed by atoms with E-state index in [1.54, 1.807) is 0 Å². The Morgan fingerprint density at radius 3 is 2.75 bits per heavy atom. The van der Waals surface area contributed by atoms with Crippen LogP contribution in [0.2, 0.25) is 0 Å². The molecule has 0 bridgehead atoms. The SMILES string of the molecule is O=C(Nc1cccc(C(F)(F)F)c1)c1cc(NCCC2=CCCCC2)ncn1. The second-order valence-electron chi connectivity index (χ2n) is 6.61. The molecular formula is C20H21F3N4O. The van der Waals surface area contributed by atoms with Gasteiger partial charge >= 0.3 is 6.18 Å². The molecule has 2 N–H and O–H groups in total. The van der Waals surface area contributed by atoms with Gasteiger partial charge < -0.3 is 10.6 Å². The molecule has 1 heterocycles. The fourth-order valence-electron chi connectivity index (χ4n) is 3.03. The van der Waals surface area contributed by atoms with E-state index < -0.39 is 17.6 Å². The van der Waals surface area contributed by atoms with Crippen molar-refractivity contribution in [2.45, 2.75) is 38.3 Å². The fourth-order valence-corrected chi connectivity index (χ4v) is 3.03. The molecule has 3 rings (SSSR count). The number of allylic oxidation sites excluding steroid dienone is 1. The molecule has 0 spiro atoms. The summed E-state index contributed by atoms with van der Waals surface area (Å²) in [7, 11) is 0. The van der Waals surface area contributed by atoms with Crippen molar-refractivity contribution in [3.05, 3.63) is 59.6 Å². The largest absolute Gasteiger partial charge is 0.416 e. The highest BCUT2D eigenvalue weighted by Crippen LogP contribution is 2.30. The van der Waals surface area contributed by atoms with Crippen LogP contribution in [0.1, 0.15) is 48.2 Å². The summed E-state index contributed by atoms with van der Waals surface area (Å²) in [5.41, 5.74) is 0.728. The normalized spacial score (nSPS) is 14.3. The molecule has 0 saturated carbocycles. The number of alkyl halides is 3. The Morgan fingerprint density at radius 1 is 1.14 bits per heavy atom. The fraction of sp³-hybridized carbons (Fsp3) is 0.350. The lowest BCUT2D eigenvalue weighted by Crippen LogP contribution is -2.15. The van der Waals surface area contributed by atoms with Crippen LogP contribution in [0.15, 0.2) is 48.3 Å². The second-order valence-corrected chi connectivity index (χ2v) is 6.61. The van der Waals surface area contributed by atoms with Gasteiger partial charge in [0.1, 0.15) is 17.8 Å². The Morgan fingerprint density at radius 2 is 2.00 bits per heavy atom. The molecule has 0 atom stereocenters. The molecule has 1 aromatic heterocycles. The Hall–Kier alpha value is -2.90. The lowest BCUT2D eigenvalue weighted by Gasteiger charge is -2.13. The van der Waals surface area contributed by atoms with Gasteiger partial charge in [-0.2, -0.15) is 13.2 Å². The zero-order valence-corrected chi connectivity index (χ0v) is 15.2. The van der Waals surface area contributed by atoms with Gasteiger partial charge in [-0.15, -0.1) is 0 Å². The topological polar surface area (TPSA) is 66.9 Å². The summed E-state index contributed by atoms with van der Waals surface area (Å²) in [5.74, 6) is -0.0969. The van der Waals surface area contributed by atoms with E-state index >= 15 is 0 Å². The number of anilines is 2. The van der Waals surface area contributed by atoms with Gasteiger partial charge in [-0.3, -0.25) is 4.79 Å². The number of hydrogen-bond acceptors (Lipinski definition) is 4. The molecule has 5 nitrogen and oxygen atoms in total. The molecule has 0 saturated heterocycles. The lowest BCUT2D eigenvalue weighted by atomic mass is 9.97. The number of carbonyl (C=O) groups excluding carboxylic acids is 1. The number of amides is 1. The quantitative estimate of drug-likeness (QED) is 0.678. The minimum absolute atomic E-state index is 0.0529. The van der Waals surface area contributed by atoms with Crippen LogP contribution in [0, 0.1) is 0 Å². The van der Waals surface area contributed by atoms with E-state index in [-0.39, 0.29) is 11.4 Å². The molecule has 28 heavy (non-hydrogen) atoms. The number of rotatable bonds is 6. The van der Waals surface area contributed by atoms with Crippen molar-refractivity contribution in [1.82, 2.24) is 9.97 Å². The number of aromatic nitrogens is 2. The van der Waals surface area contributed by atoms with Crippen molar-refractivity contribution in [3.63, 3.8) is 0 Å². The predicted octanol–water partition coefficient (Wildman–Crippen LogP) is 5.05. The van der Waals surface area contributed by atoms with Gasteiger partial charge in [0.05, 0.1) is 5.56 Å². The zero-order valence-electron chi connectivity index (χ0n) is 15.2. The summed E-state index contributed by atoms with van der Waals surface area (Å²) in [4.78, 5) is 20.3. The third-order valence-electron chi connectivity index (χ3n) is 4.48. The van der Waals surface area contributed by atoms with E-state index in [4.69, 9.17) is 0 Å². The van der Waals surface area contributed by atoms with Crippen molar-refractivity contribution in [2.24, 2.45) is 0 Å². The number of halogens is 3. The zero-order chi connectivity index (χ0) is 20.0. The Kier molecular flexibility index (Phi) is 6.28. The van der Waals surface area contributed by atoms with Crippen LogP contribution in [0.5, 0.6) is 0 Å². The average molecular weight is 390 g/mol. The standard InChI is InChI=1S/C20H21F3N4O/c21-20(22,23)15-7-4-8-16(11-15)27-19(28)17-12-18(26-13-25-17)24-10-9-14-5-2-1-3-6-14/h4-5,7-8,11-13H,1-3,6,9-10H2,(H,27,28)(H,24,25,26). The van der Waals surface area contributed by atoms with Crippen LogP contribution in [0.25, 0.3) is 0 Å². The number of benzene rings is 1. The van der Waals surface area contributed by atoms with Gasteiger partial charge in [-0.05, 0) is 50.3 Å². The van der Waals surface area contributed by atoms with Crippen molar-refractivity contribution < 1.29 is 18.0 Å². The highest BCUT2D eigenvalue weighted by Gasteiger charge is 2.30. The molecule has 1 aliphatic rings. The van der Waals surface area contributed by atoms with E-state index in [0.717, 1.165) is 31.4 Å². The summed E-state index contributed by atoms with van der Waals surface area (Å²) in [6.45, 7) is 0.692. The maximum Gasteiger partial charge on any atom is 0.416 e. The van der Waals surface area contributed by atoms with Crippen LogP contribution in [-0.2, 0) is 6.18 Å². The predicted molar refractivity (Wildman–Crippen MR) is 101 cm³/mol.